The van der Waals surface area contributed by atoms with Gasteiger partial charge in [-0.25, -0.2) is 14.5 Å². The van der Waals surface area contributed by atoms with E-state index in [0.717, 1.165) is 10.5 Å². The first kappa shape index (κ1) is 21.5. The Kier molecular flexibility index (Phi) is 8.10. The zero-order chi connectivity index (χ0) is 20.5. The van der Waals surface area contributed by atoms with E-state index in [1.807, 2.05) is 26.0 Å². The second-order valence-electron chi connectivity index (χ2n) is 7.26. The summed E-state index contributed by atoms with van der Waals surface area (Å²) in [5.41, 5.74) is 0.769. The molecule has 0 radical (unpaired) electrons. The van der Waals surface area contributed by atoms with E-state index in [9.17, 15) is 19.8 Å². The third-order valence-electron chi connectivity index (χ3n) is 4.56. The number of urea groups is 1. The minimum absolute atomic E-state index is 0.141. The van der Waals surface area contributed by atoms with Crippen molar-refractivity contribution in [2.24, 2.45) is 10.9 Å². The van der Waals surface area contributed by atoms with Crippen LogP contribution in [0.3, 0.4) is 0 Å². The fourth-order valence-corrected chi connectivity index (χ4v) is 2.91. The molecule has 0 fully saturated rings. The molecule has 2 rings (SSSR count). The van der Waals surface area contributed by atoms with Crippen LogP contribution < -0.4 is 5.32 Å². The van der Waals surface area contributed by atoms with Crippen LogP contribution in [0.2, 0.25) is 0 Å². The predicted molar refractivity (Wildman–Crippen MR) is 106 cm³/mol. The smallest absolute Gasteiger partial charge is 0.415 e. The fourth-order valence-electron chi connectivity index (χ4n) is 2.91. The zero-order valence-corrected chi connectivity index (χ0v) is 16.4. The molecule has 3 amide bonds. The third-order valence-corrected chi connectivity index (χ3v) is 4.56. The van der Waals surface area contributed by atoms with Gasteiger partial charge in [0.1, 0.15) is 12.4 Å². The molecular formula is C20H29N3O5. The molecule has 1 aliphatic heterocycles. The summed E-state index contributed by atoms with van der Waals surface area (Å²) in [6.07, 6.45) is 0.759. The predicted octanol–water partition coefficient (Wildman–Crippen LogP) is 3.25. The Labute approximate surface area is 165 Å². The Hall–Kier alpha value is -2.77. The minimum atomic E-state index is -1.27. The van der Waals surface area contributed by atoms with E-state index in [1.165, 1.54) is 0 Å². The Morgan fingerprint density at radius 1 is 1.29 bits per heavy atom. The highest BCUT2D eigenvalue weighted by atomic mass is 16.5. The summed E-state index contributed by atoms with van der Waals surface area (Å²) >= 11 is 0. The maximum Gasteiger partial charge on any atom is 0.415 e. The van der Waals surface area contributed by atoms with Crippen molar-refractivity contribution in [1.82, 2.24) is 10.2 Å². The first-order valence-corrected chi connectivity index (χ1v) is 9.60. The van der Waals surface area contributed by atoms with Crippen LogP contribution in [0.5, 0.6) is 5.75 Å². The van der Waals surface area contributed by atoms with Crippen LogP contribution in [-0.2, 0) is 11.2 Å². The van der Waals surface area contributed by atoms with Crippen molar-refractivity contribution in [2.75, 3.05) is 19.7 Å². The molecule has 0 aromatic heterocycles. The summed E-state index contributed by atoms with van der Waals surface area (Å²) in [4.78, 5) is 29.1. The number of hydrogen-bond donors (Lipinski definition) is 3. The number of aromatic hydroxyl groups is 1. The van der Waals surface area contributed by atoms with Crippen molar-refractivity contribution in [2.45, 2.75) is 45.6 Å². The molecular weight excluding hydrogens is 362 g/mol. The van der Waals surface area contributed by atoms with Gasteiger partial charge in [-0.2, -0.15) is 0 Å². The number of aryl methyl sites for hydroxylation is 1. The van der Waals surface area contributed by atoms with Crippen LogP contribution in [-0.4, -0.2) is 58.9 Å². The van der Waals surface area contributed by atoms with Crippen molar-refractivity contribution in [3.63, 3.8) is 0 Å². The first-order valence-electron chi connectivity index (χ1n) is 9.60. The monoisotopic (exact) mass is 391 g/mol. The lowest BCUT2D eigenvalue weighted by molar-refractivity contribution is 0.144. The average molecular weight is 391 g/mol. The van der Waals surface area contributed by atoms with Gasteiger partial charge >= 0.3 is 12.1 Å². The first-order chi connectivity index (χ1) is 13.4. The maximum absolute atomic E-state index is 12.6. The number of amides is 3. The summed E-state index contributed by atoms with van der Waals surface area (Å²) in [5.74, 6) is 1.05. The average Bonchev–Trinajstić information content (AvgIpc) is 3.13. The largest absolute Gasteiger partial charge is 0.508 e. The Morgan fingerprint density at radius 3 is 2.64 bits per heavy atom. The number of aliphatic imine (C=N–C) groups is 1. The molecule has 1 atom stereocenters. The third kappa shape index (κ3) is 6.75. The molecule has 0 aliphatic carbocycles. The van der Waals surface area contributed by atoms with Crippen molar-refractivity contribution < 1.29 is 24.5 Å². The highest BCUT2D eigenvalue weighted by molar-refractivity contribution is 5.90. The van der Waals surface area contributed by atoms with E-state index in [-0.39, 0.29) is 24.3 Å². The van der Waals surface area contributed by atoms with Gasteiger partial charge < -0.3 is 20.3 Å². The van der Waals surface area contributed by atoms with E-state index < -0.39 is 12.1 Å². The molecule has 0 unspecified atom stereocenters. The number of rotatable bonds is 9. The fraction of sp³-hybridized carbons (Fsp3) is 0.550. The van der Waals surface area contributed by atoms with E-state index in [2.05, 4.69) is 10.3 Å². The Balaban J connectivity index is 2.03. The molecule has 8 heteroatoms. The number of benzene rings is 1. The molecule has 1 aliphatic rings. The number of para-hydroxylation sites is 1. The molecule has 1 aromatic rings. The molecule has 1 heterocycles. The van der Waals surface area contributed by atoms with E-state index >= 15 is 0 Å². The van der Waals surface area contributed by atoms with Crippen LogP contribution in [0.4, 0.5) is 9.59 Å². The number of phenols is 1. The van der Waals surface area contributed by atoms with Crippen LogP contribution in [0.1, 0.15) is 38.7 Å². The number of imide groups is 1. The van der Waals surface area contributed by atoms with E-state index in [0.29, 0.717) is 44.7 Å². The number of carbonyl (C=O) groups excluding carboxylic acids is 1. The summed E-state index contributed by atoms with van der Waals surface area (Å²) in [6.45, 7) is 5.20. The van der Waals surface area contributed by atoms with Crippen molar-refractivity contribution >= 4 is 18.0 Å². The van der Waals surface area contributed by atoms with Crippen molar-refractivity contribution in [3.05, 3.63) is 29.8 Å². The highest BCUT2D eigenvalue weighted by Crippen LogP contribution is 2.19. The van der Waals surface area contributed by atoms with Gasteiger partial charge in [0.05, 0.1) is 6.54 Å². The van der Waals surface area contributed by atoms with Gasteiger partial charge in [-0.1, -0.05) is 32.0 Å². The van der Waals surface area contributed by atoms with Crippen LogP contribution >= 0.6 is 0 Å². The van der Waals surface area contributed by atoms with E-state index in [1.54, 1.807) is 12.1 Å². The quantitative estimate of drug-likeness (QED) is 0.598. The van der Waals surface area contributed by atoms with Gasteiger partial charge in [-0.15, -0.1) is 0 Å². The van der Waals surface area contributed by atoms with Gasteiger partial charge in [0, 0.05) is 19.0 Å². The molecule has 28 heavy (non-hydrogen) atoms. The molecule has 8 nitrogen and oxygen atoms in total. The molecule has 0 spiro atoms. The maximum atomic E-state index is 12.6. The second kappa shape index (κ2) is 10.5. The highest BCUT2D eigenvalue weighted by Gasteiger charge is 2.25. The lowest BCUT2D eigenvalue weighted by atomic mass is 10.0. The minimum Gasteiger partial charge on any atom is -0.508 e. The molecule has 1 aromatic carbocycles. The lowest BCUT2D eigenvalue weighted by Crippen LogP contribution is -2.48. The number of nitrogens with zero attached hydrogens (tertiary/aromatic N) is 2. The normalized spacial score (nSPS) is 14.3. The SMILES string of the molecule is CC(C)CCN(C(=O)O)C(=O)N[C@@H](CCc1ccccc1O)CC1=NCCO1. The van der Waals surface area contributed by atoms with Crippen LogP contribution in [0.25, 0.3) is 0 Å². The Morgan fingerprint density at radius 2 is 2.04 bits per heavy atom. The summed E-state index contributed by atoms with van der Waals surface area (Å²) < 4.78 is 5.45. The molecule has 154 valence electrons. The second-order valence-corrected chi connectivity index (χ2v) is 7.26. The number of ether oxygens (including phenoxy) is 1. The number of phenolic OH excluding ortho intramolecular Hbond substituents is 1. The Bertz CT molecular complexity index is 705. The molecule has 0 bridgehead atoms. The van der Waals surface area contributed by atoms with Crippen LogP contribution in [0.15, 0.2) is 29.3 Å². The van der Waals surface area contributed by atoms with E-state index in [4.69, 9.17) is 4.74 Å². The molecule has 0 saturated heterocycles. The van der Waals surface area contributed by atoms with Gasteiger partial charge in [0.2, 0.25) is 0 Å². The van der Waals surface area contributed by atoms with Crippen molar-refractivity contribution in [1.29, 1.82) is 0 Å². The number of hydrogen-bond acceptors (Lipinski definition) is 5. The van der Waals surface area contributed by atoms with Crippen molar-refractivity contribution in [3.8, 4) is 5.75 Å². The molecule has 0 saturated carbocycles. The summed E-state index contributed by atoms with van der Waals surface area (Å²) in [7, 11) is 0. The summed E-state index contributed by atoms with van der Waals surface area (Å²) in [5, 5.41) is 22.1. The van der Waals surface area contributed by atoms with Gasteiger partial charge in [0.25, 0.3) is 0 Å². The van der Waals surface area contributed by atoms with Gasteiger partial charge in [-0.3, -0.25) is 4.99 Å². The number of carbonyl (C=O) groups is 2. The van der Waals surface area contributed by atoms with Gasteiger partial charge in [-0.05, 0) is 36.8 Å². The number of carboxylic acid groups (broad SMARTS) is 1. The lowest BCUT2D eigenvalue weighted by Gasteiger charge is -2.24. The topological polar surface area (TPSA) is 111 Å². The van der Waals surface area contributed by atoms with Crippen LogP contribution in [0, 0.1) is 5.92 Å². The number of nitrogens with one attached hydrogen (secondary N) is 1. The molecule has 3 N–H and O–H groups in total. The zero-order valence-electron chi connectivity index (χ0n) is 16.4. The van der Waals surface area contributed by atoms with Gasteiger partial charge in [0.15, 0.2) is 5.90 Å². The summed E-state index contributed by atoms with van der Waals surface area (Å²) in [6, 6.07) is 6.03. The standard InChI is InChI=1S/C20H29N3O5/c1-14(2)9-11-23(20(26)27)19(25)22-16(13-18-21-10-12-28-18)8-7-15-5-3-4-6-17(15)24/h3-6,14,16,24H,7-13H2,1-2H3,(H,22,25)(H,26,27)/t16-/m0/s1.